The van der Waals surface area contributed by atoms with Crippen LogP contribution in [0.2, 0.25) is 4.34 Å². The molecule has 0 aliphatic carbocycles. The zero-order valence-electron chi connectivity index (χ0n) is 14.9. The molecule has 6 heteroatoms. The second-order valence-electron chi connectivity index (χ2n) is 6.26. The van der Waals surface area contributed by atoms with E-state index in [9.17, 15) is 9.59 Å². The van der Waals surface area contributed by atoms with Gasteiger partial charge in [0, 0.05) is 16.6 Å². The summed E-state index contributed by atoms with van der Waals surface area (Å²) in [5, 5.41) is 3.67. The minimum atomic E-state index is -0.238. The van der Waals surface area contributed by atoms with Crippen LogP contribution < -0.4 is 5.32 Å². The largest absolute Gasteiger partial charge is 0.322 e. The number of amides is 1. The van der Waals surface area contributed by atoms with Gasteiger partial charge in [0.2, 0.25) is 0 Å². The summed E-state index contributed by atoms with van der Waals surface area (Å²) >= 11 is 7.48. The van der Waals surface area contributed by atoms with Crippen LogP contribution in [0.15, 0.2) is 66.7 Å². The lowest BCUT2D eigenvalue weighted by atomic mass is 10.1. The first kappa shape index (κ1) is 18.3. The average molecular weight is 407 g/mol. The number of para-hydroxylation sites is 1. The Morgan fingerprint density at radius 1 is 1.00 bits per heavy atom. The lowest BCUT2D eigenvalue weighted by Gasteiger charge is -2.10. The van der Waals surface area contributed by atoms with Gasteiger partial charge in [-0.1, -0.05) is 29.8 Å². The summed E-state index contributed by atoms with van der Waals surface area (Å²) in [4.78, 5) is 30.0. The summed E-state index contributed by atoms with van der Waals surface area (Å²) in [6.07, 6.45) is 0. The Labute approximate surface area is 170 Å². The van der Waals surface area contributed by atoms with E-state index in [4.69, 9.17) is 11.6 Å². The molecule has 0 unspecified atom stereocenters. The molecule has 4 aromatic rings. The maximum atomic E-state index is 13.0. The van der Waals surface area contributed by atoms with Crippen molar-refractivity contribution < 1.29 is 9.59 Å². The zero-order chi connectivity index (χ0) is 19.7. The maximum Gasteiger partial charge on any atom is 0.256 e. The second-order valence-corrected chi connectivity index (χ2v) is 7.98. The Morgan fingerprint density at radius 2 is 1.75 bits per heavy atom. The highest BCUT2D eigenvalue weighted by atomic mass is 35.5. The van der Waals surface area contributed by atoms with Gasteiger partial charge < -0.3 is 5.32 Å². The first-order chi connectivity index (χ1) is 13.5. The van der Waals surface area contributed by atoms with Crippen LogP contribution in [0.1, 0.15) is 27.6 Å². The van der Waals surface area contributed by atoms with Crippen molar-refractivity contribution in [2.24, 2.45) is 0 Å². The van der Waals surface area contributed by atoms with Crippen molar-refractivity contribution in [3.63, 3.8) is 0 Å². The number of thiophene rings is 1. The molecule has 0 fully saturated rings. The number of rotatable bonds is 4. The van der Waals surface area contributed by atoms with E-state index in [1.165, 1.54) is 18.3 Å². The number of carbonyl (C=O) groups excluding carboxylic acids is 2. The number of benzene rings is 2. The molecule has 2 aromatic carbocycles. The van der Waals surface area contributed by atoms with E-state index >= 15 is 0 Å². The topological polar surface area (TPSA) is 59.1 Å². The Morgan fingerprint density at radius 3 is 2.43 bits per heavy atom. The van der Waals surface area contributed by atoms with E-state index in [0.29, 0.717) is 26.8 Å². The number of hydrogen-bond acceptors (Lipinski definition) is 4. The molecular weight excluding hydrogens is 392 g/mol. The molecule has 1 amide bonds. The van der Waals surface area contributed by atoms with Crippen molar-refractivity contribution in [3.8, 4) is 10.6 Å². The Balaban J connectivity index is 1.73. The fourth-order valence-corrected chi connectivity index (χ4v) is 3.93. The van der Waals surface area contributed by atoms with Gasteiger partial charge in [0.25, 0.3) is 5.91 Å². The summed E-state index contributed by atoms with van der Waals surface area (Å²) in [5.41, 5.74) is 3.19. The highest BCUT2D eigenvalue weighted by Crippen LogP contribution is 2.32. The highest BCUT2D eigenvalue weighted by Gasteiger charge is 2.15. The predicted octanol–water partition coefficient (Wildman–Crippen LogP) is 6.07. The number of aromatic nitrogens is 1. The first-order valence-corrected chi connectivity index (χ1v) is 9.78. The maximum absolute atomic E-state index is 13.0. The summed E-state index contributed by atoms with van der Waals surface area (Å²) < 4.78 is 0.668. The number of Topliss-reactive ketones (excluding diaryl/α,β-unsaturated/α-hetero) is 1. The number of pyridine rings is 1. The average Bonchev–Trinajstić information content (AvgIpc) is 3.14. The molecule has 0 atom stereocenters. The Bertz CT molecular complexity index is 1200. The standard InChI is InChI=1S/C22H15ClN2O2S/c1-13(26)14-6-8-15(9-7-14)24-22(27)17-12-19(20-10-11-21(23)28-20)25-18-5-3-2-4-16(17)18/h2-12H,1H3,(H,24,27). The SMILES string of the molecule is CC(=O)c1ccc(NC(=O)c2cc(-c3ccc(Cl)s3)nc3ccccc23)cc1. The van der Waals surface area contributed by atoms with Gasteiger partial charge in [0.05, 0.1) is 26.0 Å². The van der Waals surface area contributed by atoms with Gasteiger partial charge in [-0.25, -0.2) is 4.98 Å². The van der Waals surface area contributed by atoms with Gasteiger partial charge in [0.1, 0.15) is 0 Å². The minimum Gasteiger partial charge on any atom is -0.322 e. The van der Waals surface area contributed by atoms with Crippen LogP contribution in [0, 0.1) is 0 Å². The number of carbonyl (C=O) groups is 2. The van der Waals surface area contributed by atoms with Crippen molar-refractivity contribution in [1.29, 1.82) is 0 Å². The molecule has 138 valence electrons. The molecule has 0 spiro atoms. The fraction of sp³-hybridized carbons (Fsp3) is 0.0455. The Kier molecular flexibility index (Phi) is 4.94. The van der Waals surface area contributed by atoms with Crippen molar-refractivity contribution in [3.05, 3.63) is 82.2 Å². The minimum absolute atomic E-state index is 0.0164. The smallest absolute Gasteiger partial charge is 0.256 e. The first-order valence-electron chi connectivity index (χ1n) is 8.59. The van der Waals surface area contributed by atoms with Gasteiger partial charge in [-0.05, 0) is 55.5 Å². The molecule has 0 saturated carbocycles. The quantitative estimate of drug-likeness (QED) is 0.418. The Hall–Kier alpha value is -3.02. The third kappa shape index (κ3) is 3.67. The van der Waals surface area contributed by atoms with Crippen LogP contribution in [0.5, 0.6) is 0 Å². The summed E-state index contributed by atoms with van der Waals surface area (Å²) in [6, 6.07) is 19.9. The monoisotopic (exact) mass is 406 g/mol. The molecule has 4 nitrogen and oxygen atoms in total. The summed E-state index contributed by atoms with van der Waals surface area (Å²) in [5.74, 6) is -0.254. The fourth-order valence-electron chi connectivity index (χ4n) is 2.93. The van der Waals surface area contributed by atoms with E-state index in [0.717, 1.165) is 15.8 Å². The second kappa shape index (κ2) is 7.54. The van der Waals surface area contributed by atoms with E-state index in [2.05, 4.69) is 10.3 Å². The number of ketones is 1. The van der Waals surface area contributed by atoms with Crippen LogP contribution in [0.3, 0.4) is 0 Å². The van der Waals surface area contributed by atoms with Gasteiger partial charge in [-0.15, -0.1) is 11.3 Å². The van der Waals surface area contributed by atoms with Crippen LogP contribution in [-0.2, 0) is 0 Å². The van der Waals surface area contributed by atoms with E-state index in [1.807, 2.05) is 36.4 Å². The third-order valence-electron chi connectivity index (χ3n) is 4.34. The molecule has 28 heavy (non-hydrogen) atoms. The number of halogens is 1. The van der Waals surface area contributed by atoms with Crippen LogP contribution in [0.25, 0.3) is 21.5 Å². The number of nitrogens with one attached hydrogen (secondary N) is 1. The molecule has 1 N–H and O–H groups in total. The molecule has 0 aliphatic heterocycles. The molecule has 0 radical (unpaired) electrons. The number of nitrogens with zero attached hydrogens (tertiary/aromatic N) is 1. The predicted molar refractivity (Wildman–Crippen MR) is 114 cm³/mol. The van der Waals surface area contributed by atoms with Crippen LogP contribution in [0.4, 0.5) is 5.69 Å². The van der Waals surface area contributed by atoms with Gasteiger partial charge in [-0.2, -0.15) is 0 Å². The van der Waals surface area contributed by atoms with Crippen molar-refractivity contribution in [2.45, 2.75) is 6.92 Å². The lowest BCUT2D eigenvalue weighted by molar-refractivity contribution is 0.101. The molecule has 0 bridgehead atoms. The van der Waals surface area contributed by atoms with Crippen molar-refractivity contribution in [1.82, 2.24) is 4.98 Å². The van der Waals surface area contributed by atoms with Gasteiger partial charge in [-0.3, -0.25) is 9.59 Å². The van der Waals surface area contributed by atoms with E-state index < -0.39 is 0 Å². The summed E-state index contributed by atoms with van der Waals surface area (Å²) in [7, 11) is 0. The lowest BCUT2D eigenvalue weighted by Crippen LogP contribution is -2.13. The number of anilines is 1. The number of hydrogen-bond donors (Lipinski definition) is 1. The molecule has 0 saturated heterocycles. The van der Waals surface area contributed by atoms with Gasteiger partial charge in [0.15, 0.2) is 5.78 Å². The normalized spacial score (nSPS) is 10.8. The van der Waals surface area contributed by atoms with Gasteiger partial charge >= 0.3 is 0 Å². The van der Waals surface area contributed by atoms with Crippen LogP contribution >= 0.6 is 22.9 Å². The molecule has 2 aromatic heterocycles. The molecular formula is C22H15ClN2O2S. The molecule has 2 heterocycles. The highest BCUT2D eigenvalue weighted by molar-refractivity contribution is 7.19. The van der Waals surface area contributed by atoms with Crippen molar-refractivity contribution in [2.75, 3.05) is 5.32 Å². The molecule has 4 rings (SSSR count). The van der Waals surface area contributed by atoms with E-state index in [1.54, 1.807) is 30.3 Å². The van der Waals surface area contributed by atoms with Crippen LogP contribution in [-0.4, -0.2) is 16.7 Å². The molecule has 0 aliphatic rings. The summed E-state index contributed by atoms with van der Waals surface area (Å²) in [6.45, 7) is 1.51. The third-order valence-corrected chi connectivity index (χ3v) is 5.59. The van der Waals surface area contributed by atoms with Crippen molar-refractivity contribution >= 4 is 51.2 Å². The van der Waals surface area contributed by atoms with E-state index in [-0.39, 0.29) is 11.7 Å². The zero-order valence-corrected chi connectivity index (χ0v) is 16.5. The number of fused-ring (bicyclic) bond motifs is 1.